The van der Waals surface area contributed by atoms with Crippen molar-refractivity contribution < 1.29 is 8.82 Å². The van der Waals surface area contributed by atoms with Crippen molar-refractivity contribution >= 4 is 30.2 Å². The number of nitrogens with two attached hydrogens (primary N) is 2. The van der Waals surface area contributed by atoms with E-state index in [1.54, 1.807) is 22.9 Å². The molecule has 4 aromatic rings. The topological polar surface area (TPSA) is 103 Å². The van der Waals surface area contributed by atoms with Crippen molar-refractivity contribution in [2.24, 2.45) is 28.3 Å². The molecule has 0 spiro atoms. The normalized spacial score (nSPS) is 23.0. The Kier molecular flexibility index (Phi) is 7.64. The van der Waals surface area contributed by atoms with Crippen molar-refractivity contribution in [3.63, 3.8) is 0 Å². The van der Waals surface area contributed by atoms with Crippen molar-refractivity contribution in [1.82, 2.24) is 14.7 Å². The number of halogens is 1. The summed E-state index contributed by atoms with van der Waals surface area (Å²) in [4.78, 5) is 9.49. The molecule has 2 aliphatic rings. The molecule has 3 heterocycles. The fourth-order valence-corrected chi connectivity index (χ4v) is 11.7. The molecule has 0 amide bonds. The van der Waals surface area contributed by atoms with E-state index in [0.29, 0.717) is 23.9 Å². The predicted molar refractivity (Wildman–Crippen MR) is 173 cm³/mol. The maximum absolute atomic E-state index is 14.4. The van der Waals surface area contributed by atoms with Crippen LogP contribution in [0.3, 0.4) is 0 Å². The highest BCUT2D eigenvalue weighted by atomic mass is 28.4. The number of fused-ring (bicyclic) bond motifs is 1. The molecule has 1 fully saturated rings. The van der Waals surface area contributed by atoms with Crippen LogP contribution in [-0.4, -0.2) is 30.1 Å². The highest BCUT2D eigenvalue weighted by molar-refractivity contribution is 6.99. The van der Waals surface area contributed by atoms with Crippen molar-refractivity contribution in [3.8, 4) is 0 Å². The fourth-order valence-electron chi connectivity index (χ4n) is 7.09. The molecule has 6 rings (SSSR count). The number of benzene rings is 2. The molecule has 1 aliphatic heterocycles. The van der Waals surface area contributed by atoms with Gasteiger partial charge in [0, 0.05) is 24.9 Å². The van der Waals surface area contributed by atoms with E-state index >= 15 is 0 Å². The molecule has 1 unspecified atom stereocenters. The van der Waals surface area contributed by atoms with Crippen LogP contribution in [0, 0.1) is 17.7 Å². The molecule has 0 saturated heterocycles. The first kappa shape index (κ1) is 29.1. The number of nitrogens with zero attached hydrogens (tertiary/aromatic N) is 3. The van der Waals surface area contributed by atoms with Gasteiger partial charge in [0.1, 0.15) is 17.3 Å². The summed E-state index contributed by atoms with van der Waals surface area (Å²) in [6.07, 6.45) is 8.70. The Morgan fingerprint density at radius 3 is 2.16 bits per heavy atom. The molecule has 5 N–H and O–H groups in total. The van der Waals surface area contributed by atoms with Crippen LogP contribution in [0.15, 0.2) is 102 Å². The first-order valence-electron chi connectivity index (χ1n) is 15.1. The Morgan fingerprint density at radius 2 is 1.58 bits per heavy atom. The third-order valence-corrected chi connectivity index (χ3v) is 14.3. The molecule has 224 valence electrons. The van der Waals surface area contributed by atoms with Crippen molar-refractivity contribution in [1.29, 1.82) is 0 Å². The molecule has 2 aromatic carbocycles. The lowest BCUT2D eigenvalue weighted by atomic mass is 9.74. The van der Waals surface area contributed by atoms with Gasteiger partial charge in [-0.25, -0.2) is 14.4 Å². The third-order valence-electron chi connectivity index (χ3n) is 9.29. The van der Waals surface area contributed by atoms with Crippen LogP contribution in [0.5, 0.6) is 0 Å². The summed E-state index contributed by atoms with van der Waals surface area (Å²) in [5, 5.41) is 5.99. The molecule has 2 aromatic heterocycles. The zero-order valence-corrected chi connectivity index (χ0v) is 26.1. The van der Waals surface area contributed by atoms with Gasteiger partial charge in [-0.1, -0.05) is 81.4 Å². The van der Waals surface area contributed by atoms with E-state index in [9.17, 15) is 4.39 Å². The van der Waals surface area contributed by atoms with E-state index < -0.39 is 14.0 Å². The lowest BCUT2D eigenvalue weighted by molar-refractivity contribution is 0.119. The van der Waals surface area contributed by atoms with Crippen molar-refractivity contribution in [3.05, 3.63) is 109 Å². The highest BCUT2D eigenvalue weighted by Gasteiger charge is 2.51. The smallest absolute Gasteiger partial charge is 0.261 e. The molecule has 0 radical (unpaired) electrons. The number of hydrogen-bond acceptors (Lipinski definition) is 6. The Bertz CT molecular complexity index is 1600. The monoisotopic (exact) mass is 596 g/mol. The Balaban J connectivity index is 1.27. The predicted octanol–water partition coefficient (Wildman–Crippen LogP) is 4.77. The minimum Gasteiger partial charge on any atom is -0.407 e. The number of pyridine rings is 1. The van der Waals surface area contributed by atoms with E-state index in [2.05, 4.69) is 91.7 Å². The molecular formula is C34H41FN6OSi. The summed E-state index contributed by atoms with van der Waals surface area (Å²) in [6, 6.07) is 24.7. The molecule has 43 heavy (non-hydrogen) atoms. The number of amidine groups is 1. The SMILES string of the molecule is CC(C)(C)[Si](OCC1CCC(C2(c3cnc4ccc(F)cn34)N=C(N)C(N)=CN2)CC1)(c1ccccc1)c1ccccc1. The largest absolute Gasteiger partial charge is 0.407 e. The second kappa shape index (κ2) is 11.3. The van der Waals surface area contributed by atoms with Gasteiger partial charge < -0.3 is 21.2 Å². The van der Waals surface area contributed by atoms with Gasteiger partial charge in [-0.2, -0.15) is 0 Å². The summed E-state index contributed by atoms with van der Waals surface area (Å²) in [6.45, 7) is 7.64. The van der Waals surface area contributed by atoms with Gasteiger partial charge >= 0.3 is 0 Å². The van der Waals surface area contributed by atoms with Crippen LogP contribution in [0.25, 0.3) is 5.65 Å². The van der Waals surface area contributed by atoms with Crippen molar-refractivity contribution in [2.45, 2.75) is 57.2 Å². The zero-order chi connectivity index (χ0) is 30.2. The summed E-state index contributed by atoms with van der Waals surface area (Å²) in [7, 11) is -2.61. The number of hydrogen-bond donors (Lipinski definition) is 3. The van der Waals surface area contributed by atoms with Gasteiger partial charge in [0.05, 0.1) is 17.6 Å². The standard InChI is InChI=1S/C34H41FN6OSi/c1-33(2,3)43(27-10-6-4-7-11-27,28-12-8-5-9-13-28)42-23-24-14-16-25(17-15-24)34(39-20-29(36)32(37)40-34)30-21-38-31-19-18-26(35)22-41(30)31/h4-13,18-22,24-25,39H,14-17,23,36H2,1-3H3,(H2,37,40). The van der Waals surface area contributed by atoms with Gasteiger partial charge in [-0.15, -0.1) is 0 Å². The third kappa shape index (κ3) is 5.14. The van der Waals surface area contributed by atoms with Crippen LogP contribution in [-0.2, 0) is 10.1 Å². The maximum Gasteiger partial charge on any atom is 0.261 e. The average Bonchev–Trinajstić information content (AvgIpc) is 3.43. The Hall–Kier alpha value is -3.95. The lowest BCUT2D eigenvalue weighted by Crippen LogP contribution is -2.67. The summed E-state index contributed by atoms with van der Waals surface area (Å²) < 4.78 is 23.4. The maximum atomic E-state index is 14.4. The van der Waals surface area contributed by atoms with Gasteiger partial charge in [0.2, 0.25) is 0 Å². The van der Waals surface area contributed by atoms with Crippen LogP contribution in [0.4, 0.5) is 4.39 Å². The first-order valence-corrected chi connectivity index (χ1v) is 17.0. The van der Waals surface area contributed by atoms with Crippen molar-refractivity contribution in [2.75, 3.05) is 6.61 Å². The molecular weight excluding hydrogens is 555 g/mol. The van der Waals surface area contributed by atoms with Gasteiger partial charge in [-0.3, -0.25) is 4.40 Å². The molecule has 1 saturated carbocycles. The summed E-state index contributed by atoms with van der Waals surface area (Å²) in [5.74, 6) is 0.443. The second-order valence-electron chi connectivity index (χ2n) is 12.9. The van der Waals surface area contributed by atoms with E-state index in [1.165, 1.54) is 22.6 Å². The average molecular weight is 597 g/mol. The Labute approximate surface area is 254 Å². The molecule has 1 aliphatic carbocycles. The number of rotatable bonds is 7. The summed E-state index contributed by atoms with van der Waals surface area (Å²) in [5.41, 5.74) is 13.3. The Morgan fingerprint density at radius 1 is 0.953 bits per heavy atom. The van der Waals surface area contributed by atoms with Crippen LogP contribution >= 0.6 is 0 Å². The van der Waals surface area contributed by atoms with E-state index in [4.69, 9.17) is 20.9 Å². The molecule has 9 heteroatoms. The molecule has 1 atom stereocenters. The van der Waals surface area contributed by atoms with E-state index in [0.717, 1.165) is 31.4 Å². The minimum absolute atomic E-state index is 0.0696. The number of aromatic nitrogens is 2. The van der Waals surface area contributed by atoms with Gasteiger partial charge in [0.15, 0.2) is 5.66 Å². The first-order chi connectivity index (χ1) is 20.6. The van der Waals surface area contributed by atoms with E-state index in [-0.39, 0.29) is 22.6 Å². The van der Waals surface area contributed by atoms with Gasteiger partial charge in [0.25, 0.3) is 8.32 Å². The number of nitrogens with one attached hydrogen (secondary N) is 1. The lowest BCUT2D eigenvalue weighted by Gasteiger charge is -2.45. The van der Waals surface area contributed by atoms with Gasteiger partial charge in [-0.05, 0) is 59.1 Å². The van der Waals surface area contributed by atoms with Crippen LogP contribution in [0.2, 0.25) is 5.04 Å². The number of aliphatic imine (C=N–C) groups is 1. The summed E-state index contributed by atoms with van der Waals surface area (Å²) >= 11 is 0. The van der Waals surface area contributed by atoms with E-state index in [1.807, 2.05) is 0 Å². The molecule has 7 nitrogen and oxygen atoms in total. The van der Waals surface area contributed by atoms with Crippen LogP contribution < -0.4 is 27.2 Å². The zero-order valence-electron chi connectivity index (χ0n) is 25.1. The minimum atomic E-state index is -2.61. The second-order valence-corrected chi connectivity index (χ2v) is 17.2. The molecule has 0 bridgehead atoms. The van der Waals surface area contributed by atoms with Crippen LogP contribution in [0.1, 0.15) is 52.1 Å². The quantitative estimate of drug-likeness (QED) is 0.267. The highest BCUT2D eigenvalue weighted by Crippen LogP contribution is 2.44. The number of imidazole rings is 1. The fraction of sp³-hybridized carbons (Fsp3) is 0.353.